The zero-order valence-corrected chi connectivity index (χ0v) is 7.06. The molecule has 0 aromatic heterocycles. The standard InChI is InChI=1S/C8H18N2/c1-3-4-6-10-7-5-8(10)9-2/h8-9H,3-7H2,1-2H3. The molecule has 1 atom stereocenters. The van der Waals surface area contributed by atoms with E-state index < -0.39 is 0 Å². The highest BCUT2D eigenvalue weighted by molar-refractivity contribution is 4.78. The Labute approximate surface area is 63.6 Å². The number of nitrogens with zero attached hydrogens (tertiary/aromatic N) is 1. The first kappa shape index (κ1) is 8.02. The van der Waals surface area contributed by atoms with Gasteiger partial charge in [-0.2, -0.15) is 0 Å². The Morgan fingerprint density at radius 1 is 1.60 bits per heavy atom. The molecule has 0 amide bonds. The van der Waals surface area contributed by atoms with Crippen LogP contribution >= 0.6 is 0 Å². The van der Waals surface area contributed by atoms with E-state index in [1.165, 1.54) is 32.4 Å². The average Bonchev–Trinajstić information content (AvgIpc) is 1.88. The van der Waals surface area contributed by atoms with E-state index in [1.54, 1.807) is 0 Å². The summed E-state index contributed by atoms with van der Waals surface area (Å²) < 4.78 is 0. The maximum atomic E-state index is 3.29. The number of hydrogen-bond donors (Lipinski definition) is 1. The lowest BCUT2D eigenvalue weighted by atomic mass is 10.1. The third kappa shape index (κ3) is 1.70. The van der Waals surface area contributed by atoms with Crippen molar-refractivity contribution in [3.63, 3.8) is 0 Å². The van der Waals surface area contributed by atoms with Crippen LogP contribution in [-0.2, 0) is 0 Å². The first-order valence-electron chi connectivity index (χ1n) is 4.29. The SMILES string of the molecule is CCCCN1CCC1NC. The van der Waals surface area contributed by atoms with Crippen molar-refractivity contribution in [2.45, 2.75) is 32.4 Å². The molecule has 0 aromatic rings. The van der Waals surface area contributed by atoms with Crippen molar-refractivity contribution in [1.29, 1.82) is 0 Å². The molecule has 1 unspecified atom stereocenters. The number of unbranched alkanes of at least 4 members (excludes halogenated alkanes) is 1. The summed E-state index contributed by atoms with van der Waals surface area (Å²) in [5.74, 6) is 0. The fraction of sp³-hybridized carbons (Fsp3) is 1.00. The third-order valence-electron chi connectivity index (χ3n) is 2.26. The minimum atomic E-state index is 0.687. The molecule has 0 bridgehead atoms. The molecule has 0 aliphatic carbocycles. The van der Waals surface area contributed by atoms with Crippen LogP contribution in [-0.4, -0.2) is 31.2 Å². The molecule has 10 heavy (non-hydrogen) atoms. The Bertz CT molecular complexity index is 91.3. The topological polar surface area (TPSA) is 15.3 Å². The van der Waals surface area contributed by atoms with Gasteiger partial charge in [0.2, 0.25) is 0 Å². The number of rotatable bonds is 4. The van der Waals surface area contributed by atoms with Crippen LogP contribution in [0.4, 0.5) is 0 Å². The Balaban J connectivity index is 2.05. The molecule has 0 spiro atoms. The lowest BCUT2D eigenvalue weighted by molar-refractivity contribution is 0.0692. The quantitative estimate of drug-likeness (QED) is 0.631. The summed E-state index contributed by atoms with van der Waals surface area (Å²) in [7, 11) is 2.04. The zero-order chi connectivity index (χ0) is 7.40. The van der Waals surface area contributed by atoms with E-state index in [4.69, 9.17) is 0 Å². The summed E-state index contributed by atoms with van der Waals surface area (Å²) in [6.07, 6.45) is 4.68. The lowest BCUT2D eigenvalue weighted by Crippen LogP contribution is -2.54. The van der Waals surface area contributed by atoms with Crippen molar-refractivity contribution in [3.05, 3.63) is 0 Å². The summed E-state index contributed by atoms with van der Waals surface area (Å²) in [5, 5.41) is 3.29. The second kappa shape index (κ2) is 3.94. The van der Waals surface area contributed by atoms with Crippen LogP contribution in [0.5, 0.6) is 0 Å². The van der Waals surface area contributed by atoms with E-state index in [0.717, 1.165) is 0 Å². The summed E-state index contributed by atoms with van der Waals surface area (Å²) in [4.78, 5) is 2.50. The van der Waals surface area contributed by atoms with Gasteiger partial charge in [-0.3, -0.25) is 4.90 Å². The van der Waals surface area contributed by atoms with Crippen molar-refractivity contribution in [2.75, 3.05) is 20.1 Å². The monoisotopic (exact) mass is 142 g/mol. The van der Waals surface area contributed by atoms with Crippen molar-refractivity contribution in [2.24, 2.45) is 0 Å². The molecule has 0 radical (unpaired) electrons. The molecular formula is C8H18N2. The maximum Gasteiger partial charge on any atom is 0.0606 e. The second-order valence-corrected chi connectivity index (χ2v) is 2.98. The van der Waals surface area contributed by atoms with Crippen LogP contribution < -0.4 is 5.32 Å². The Kier molecular flexibility index (Phi) is 3.16. The molecular weight excluding hydrogens is 124 g/mol. The van der Waals surface area contributed by atoms with Crippen molar-refractivity contribution in [3.8, 4) is 0 Å². The van der Waals surface area contributed by atoms with Gasteiger partial charge in [0.15, 0.2) is 0 Å². The Hall–Kier alpha value is -0.0800. The summed E-state index contributed by atoms with van der Waals surface area (Å²) >= 11 is 0. The maximum absolute atomic E-state index is 3.29. The molecule has 1 rings (SSSR count). The first-order valence-corrected chi connectivity index (χ1v) is 4.29. The van der Waals surface area contributed by atoms with Crippen molar-refractivity contribution < 1.29 is 0 Å². The van der Waals surface area contributed by atoms with Gasteiger partial charge in [0.25, 0.3) is 0 Å². The highest BCUT2D eigenvalue weighted by atomic mass is 15.3. The van der Waals surface area contributed by atoms with Gasteiger partial charge in [0.05, 0.1) is 6.17 Å². The first-order chi connectivity index (χ1) is 4.88. The Morgan fingerprint density at radius 3 is 2.80 bits per heavy atom. The summed E-state index contributed by atoms with van der Waals surface area (Å²) in [5.41, 5.74) is 0. The van der Waals surface area contributed by atoms with Crippen molar-refractivity contribution >= 4 is 0 Å². The van der Waals surface area contributed by atoms with Crippen LogP contribution in [0, 0.1) is 0 Å². The average molecular weight is 142 g/mol. The van der Waals surface area contributed by atoms with E-state index in [2.05, 4.69) is 17.1 Å². The zero-order valence-electron chi connectivity index (χ0n) is 7.06. The van der Waals surface area contributed by atoms with Crippen LogP contribution in [0.3, 0.4) is 0 Å². The highest BCUT2D eigenvalue weighted by Gasteiger charge is 2.24. The predicted molar refractivity (Wildman–Crippen MR) is 43.9 cm³/mol. The van der Waals surface area contributed by atoms with Gasteiger partial charge in [-0.25, -0.2) is 0 Å². The van der Waals surface area contributed by atoms with E-state index in [0.29, 0.717) is 6.17 Å². The van der Waals surface area contributed by atoms with E-state index >= 15 is 0 Å². The van der Waals surface area contributed by atoms with Gasteiger partial charge in [-0.15, -0.1) is 0 Å². The predicted octanol–water partition coefficient (Wildman–Crippen LogP) is 1.04. The van der Waals surface area contributed by atoms with Gasteiger partial charge < -0.3 is 5.32 Å². The fourth-order valence-electron chi connectivity index (χ4n) is 1.40. The normalized spacial score (nSPS) is 26.4. The van der Waals surface area contributed by atoms with Crippen LogP contribution in [0.2, 0.25) is 0 Å². The van der Waals surface area contributed by atoms with Gasteiger partial charge in [-0.05, 0) is 26.4 Å². The molecule has 2 nitrogen and oxygen atoms in total. The second-order valence-electron chi connectivity index (χ2n) is 2.98. The van der Waals surface area contributed by atoms with Gasteiger partial charge in [0, 0.05) is 6.54 Å². The van der Waals surface area contributed by atoms with E-state index in [-0.39, 0.29) is 0 Å². The molecule has 1 aliphatic rings. The highest BCUT2D eigenvalue weighted by Crippen LogP contribution is 2.14. The smallest absolute Gasteiger partial charge is 0.0606 e. The molecule has 0 saturated carbocycles. The lowest BCUT2D eigenvalue weighted by Gasteiger charge is -2.40. The number of hydrogen-bond acceptors (Lipinski definition) is 2. The molecule has 1 heterocycles. The van der Waals surface area contributed by atoms with Gasteiger partial charge >= 0.3 is 0 Å². The third-order valence-corrected chi connectivity index (χ3v) is 2.26. The summed E-state index contributed by atoms with van der Waals surface area (Å²) in [6, 6.07) is 0. The van der Waals surface area contributed by atoms with Crippen molar-refractivity contribution in [1.82, 2.24) is 10.2 Å². The molecule has 1 aliphatic heterocycles. The Morgan fingerprint density at radius 2 is 2.40 bits per heavy atom. The molecule has 1 saturated heterocycles. The molecule has 1 fully saturated rings. The van der Waals surface area contributed by atoms with Crippen LogP contribution in [0.15, 0.2) is 0 Å². The number of likely N-dealkylation sites (tertiary alicyclic amines) is 1. The minimum Gasteiger partial charge on any atom is -0.305 e. The number of nitrogens with one attached hydrogen (secondary N) is 1. The van der Waals surface area contributed by atoms with E-state index in [9.17, 15) is 0 Å². The fourth-order valence-corrected chi connectivity index (χ4v) is 1.40. The van der Waals surface area contributed by atoms with Crippen LogP contribution in [0.1, 0.15) is 26.2 Å². The molecule has 0 aromatic carbocycles. The molecule has 2 heteroatoms. The molecule has 60 valence electrons. The summed E-state index contributed by atoms with van der Waals surface area (Å²) in [6.45, 7) is 4.82. The van der Waals surface area contributed by atoms with Crippen LogP contribution in [0.25, 0.3) is 0 Å². The van der Waals surface area contributed by atoms with Gasteiger partial charge in [0.1, 0.15) is 0 Å². The van der Waals surface area contributed by atoms with Gasteiger partial charge in [-0.1, -0.05) is 13.3 Å². The molecule has 1 N–H and O–H groups in total. The largest absolute Gasteiger partial charge is 0.305 e. The van der Waals surface area contributed by atoms with E-state index in [1.807, 2.05) is 7.05 Å². The minimum absolute atomic E-state index is 0.687.